The Morgan fingerprint density at radius 1 is 0.494 bits per heavy atom. The molecule has 17 heteroatoms. The summed E-state index contributed by atoms with van der Waals surface area (Å²) < 4.78 is 14.1. The summed E-state index contributed by atoms with van der Waals surface area (Å²) in [6.07, 6.45) is 63.8. The normalized spacial score (nSPS) is 13.1. The van der Waals surface area contributed by atoms with Gasteiger partial charge in [0.15, 0.2) is 22.3 Å². The number of aryl methyl sites for hydroxylation is 4. The molecule has 83 heavy (non-hydrogen) atoms. The molecule has 0 aliphatic heterocycles. The molecule has 4 aromatic rings. The van der Waals surface area contributed by atoms with Gasteiger partial charge in [-0.05, 0) is 142 Å². The highest BCUT2D eigenvalue weighted by atomic mass is 16.5. The first kappa shape index (κ1) is 71.7. The Labute approximate surface area is 492 Å². The number of ether oxygens (including phenoxy) is 1. The molecule has 2 atom stereocenters. The molecule has 0 unspecified atom stereocenters. The van der Waals surface area contributed by atoms with Crippen molar-refractivity contribution in [2.24, 2.45) is 28.2 Å². The number of carboxylic acids is 1. The molecule has 0 bridgehead atoms. The van der Waals surface area contributed by atoms with Crippen LogP contribution in [-0.4, -0.2) is 71.7 Å². The molecular formula is C66H98N8O9. The second-order valence-electron chi connectivity index (χ2n) is 20.4. The third-order valence-corrected chi connectivity index (χ3v) is 13.1. The average Bonchev–Trinajstić information content (AvgIpc) is 2.71. The van der Waals surface area contributed by atoms with E-state index in [1.807, 2.05) is 6.92 Å². The number of fused-ring (bicyclic) bond motifs is 2. The van der Waals surface area contributed by atoms with Crippen LogP contribution in [0, 0.1) is 0 Å². The van der Waals surface area contributed by atoms with Gasteiger partial charge in [-0.3, -0.25) is 37.4 Å². The number of carbonyl (C=O) groups excluding carboxylic acids is 1. The van der Waals surface area contributed by atoms with Crippen LogP contribution in [0.5, 0.6) is 0 Å². The van der Waals surface area contributed by atoms with E-state index in [0.717, 1.165) is 103 Å². The van der Waals surface area contributed by atoms with Crippen molar-refractivity contribution < 1.29 is 24.5 Å². The Kier molecular flexibility index (Phi) is 38.2. The molecule has 4 aromatic heterocycles. The van der Waals surface area contributed by atoms with Crippen LogP contribution in [0.1, 0.15) is 169 Å². The summed E-state index contributed by atoms with van der Waals surface area (Å²) in [5.74, 6) is -0.899. The van der Waals surface area contributed by atoms with E-state index in [-0.39, 0.29) is 47.1 Å². The largest absolute Gasteiger partial charge is 0.481 e. The van der Waals surface area contributed by atoms with Crippen molar-refractivity contribution in [1.82, 2.24) is 37.4 Å². The van der Waals surface area contributed by atoms with E-state index in [9.17, 15) is 33.9 Å². The zero-order chi connectivity index (χ0) is 61.0. The first-order valence-electron chi connectivity index (χ1n) is 29.9. The minimum absolute atomic E-state index is 0.184. The molecule has 2 N–H and O–H groups in total. The molecule has 0 aliphatic carbocycles. The van der Waals surface area contributed by atoms with E-state index in [1.165, 1.54) is 30.9 Å². The van der Waals surface area contributed by atoms with Crippen molar-refractivity contribution in [2.45, 2.75) is 194 Å². The lowest BCUT2D eigenvalue weighted by Crippen LogP contribution is -2.39. The van der Waals surface area contributed by atoms with Gasteiger partial charge in [0.2, 0.25) is 0 Å². The van der Waals surface area contributed by atoms with Crippen LogP contribution in [0.4, 0.5) is 0 Å². The zero-order valence-corrected chi connectivity index (χ0v) is 51.2. The molecule has 17 nitrogen and oxygen atoms in total. The van der Waals surface area contributed by atoms with Crippen LogP contribution in [0.25, 0.3) is 22.3 Å². The molecule has 0 saturated carbocycles. The van der Waals surface area contributed by atoms with Crippen molar-refractivity contribution in [2.75, 3.05) is 0 Å². The molecule has 4 rings (SSSR count). The fourth-order valence-electron chi connectivity index (χ4n) is 8.41. The van der Waals surface area contributed by atoms with Crippen molar-refractivity contribution >= 4 is 34.3 Å². The topological polar surface area (TPSA) is 207 Å². The van der Waals surface area contributed by atoms with E-state index in [0.29, 0.717) is 67.5 Å². The predicted octanol–water partition coefficient (Wildman–Crippen LogP) is 12.4. The summed E-state index contributed by atoms with van der Waals surface area (Å²) in [7, 11) is 6.71. The van der Waals surface area contributed by atoms with Crippen LogP contribution in [0.2, 0.25) is 0 Å². The maximum Gasteiger partial charge on any atom is 0.332 e. The fourth-order valence-corrected chi connectivity index (χ4v) is 8.41. The number of aliphatic hydroxyl groups is 1. The van der Waals surface area contributed by atoms with Gasteiger partial charge in [-0.1, -0.05) is 135 Å². The number of aliphatic hydroxyl groups excluding tert-OH is 1. The van der Waals surface area contributed by atoms with E-state index >= 15 is 0 Å². The molecule has 0 fully saturated rings. The standard InChI is InChI=1S/C33H48N4O4.C20H30O2.C13H20N4O3/c1-5-6-7-8-9-10-11-12-13-14-15-16-17-18-19-20-21-25-29(38)41-28(2)24-22-23-26-37-32(39)30-31(34-27-35(30)3)36(4)33(37)40;1-2-3-4-5-6-7-8-9-10-11-12-13-14-15-16-17-18-19-20(21)22;1-9(18)6-4-5-7-17-12(19)10-11(14-8-15(10)2)16(3)13(17)20/h6-7,9-10,12-13,15-16,18-19,27-28H,5,8,11,14,17,20-26H2,1-4H3;3-4,6-7,9-10,12-13,15-16H,2,5,8,11,14,17-19H2,1H3,(H,21,22);8-9,18H,4-7H2,1-3H3/b7-6-,10-9-,13-12-,16-15-,19-18-;4-3-,7-6-,10-9-,13-12-,16-15-;/t28-;;9-/m1.1/s1. The molecule has 456 valence electrons. The van der Waals surface area contributed by atoms with Gasteiger partial charge < -0.3 is 24.1 Å². The van der Waals surface area contributed by atoms with Crippen molar-refractivity contribution in [3.8, 4) is 0 Å². The van der Waals surface area contributed by atoms with Gasteiger partial charge >= 0.3 is 23.3 Å². The molecule has 0 spiro atoms. The SMILES string of the molecule is CC/C=C\C/C=C\C/C=C\C/C=C\C/C=C\CCCC(=O)O.CC/C=C\C/C=C\C/C=C\C/C=C\C/C=C\CCCC(=O)O[C@H](C)CCCCn1c(=O)c2c(ncn2C)n(C)c1=O.C[C@@H](O)CCCCn1c(=O)c2c(ncn2C)n(C)c1=O. The summed E-state index contributed by atoms with van der Waals surface area (Å²) in [5.41, 5.74) is 0.298. The minimum atomic E-state index is -0.715. The Morgan fingerprint density at radius 2 is 0.831 bits per heavy atom. The predicted molar refractivity (Wildman–Crippen MR) is 340 cm³/mol. The monoisotopic (exact) mass is 1150 g/mol. The lowest BCUT2D eigenvalue weighted by atomic mass is 10.1. The first-order chi connectivity index (χ1) is 40.1. The van der Waals surface area contributed by atoms with Gasteiger partial charge in [0.05, 0.1) is 24.9 Å². The second-order valence-corrected chi connectivity index (χ2v) is 20.4. The van der Waals surface area contributed by atoms with Gasteiger partial charge in [-0.25, -0.2) is 19.6 Å². The summed E-state index contributed by atoms with van der Waals surface area (Å²) in [6.45, 7) is 8.58. The van der Waals surface area contributed by atoms with Crippen molar-refractivity contribution in [3.63, 3.8) is 0 Å². The highest BCUT2D eigenvalue weighted by Gasteiger charge is 2.16. The number of hydrogen-bond acceptors (Lipinski definition) is 10. The number of rotatable bonds is 37. The molecule has 0 aliphatic rings. The smallest absolute Gasteiger partial charge is 0.332 e. The van der Waals surface area contributed by atoms with Crippen LogP contribution in [0.15, 0.2) is 153 Å². The average molecular weight is 1150 g/mol. The van der Waals surface area contributed by atoms with Crippen molar-refractivity contribution in [3.05, 3.63) is 176 Å². The molecule has 4 heterocycles. The third-order valence-electron chi connectivity index (χ3n) is 13.1. The lowest BCUT2D eigenvalue weighted by Gasteiger charge is -2.13. The number of allylic oxidation sites excluding steroid dienone is 20. The van der Waals surface area contributed by atoms with E-state index in [1.54, 1.807) is 44.2 Å². The number of imidazole rings is 2. The lowest BCUT2D eigenvalue weighted by molar-refractivity contribution is -0.148. The van der Waals surface area contributed by atoms with Crippen LogP contribution in [-0.2, 0) is 55.6 Å². The Morgan fingerprint density at radius 3 is 1.18 bits per heavy atom. The Bertz CT molecular complexity index is 3070. The number of hydrogen-bond donors (Lipinski definition) is 2. The third kappa shape index (κ3) is 29.9. The Balaban J connectivity index is 0.000000470. The van der Waals surface area contributed by atoms with Crippen LogP contribution >= 0.6 is 0 Å². The molecule has 0 saturated heterocycles. The quantitative estimate of drug-likeness (QED) is 0.0247. The number of esters is 1. The zero-order valence-electron chi connectivity index (χ0n) is 51.2. The van der Waals surface area contributed by atoms with E-state index < -0.39 is 5.97 Å². The highest BCUT2D eigenvalue weighted by molar-refractivity contribution is 5.71. The number of aliphatic carboxylic acids is 1. The van der Waals surface area contributed by atoms with Crippen LogP contribution in [0.3, 0.4) is 0 Å². The number of aromatic nitrogens is 8. The maximum absolute atomic E-state index is 12.8. The van der Waals surface area contributed by atoms with E-state index in [2.05, 4.69) is 145 Å². The van der Waals surface area contributed by atoms with Gasteiger partial charge in [0.1, 0.15) is 0 Å². The van der Waals surface area contributed by atoms with Gasteiger partial charge in [-0.2, -0.15) is 0 Å². The summed E-state index contributed by atoms with van der Waals surface area (Å²) in [4.78, 5) is 80.5. The molecule has 0 amide bonds. The maximum atomic E-state index is 12.8. The molecule has 0 radical (unpaired) electrons. The fraction of sp³-hybridized carbons (Fsp3) is 0.515. The number of carboxylic acid groups (broad SMARTS) is 1. The van der Waals surface area contributed by atoms with Crippen molar-refractivity contribution in [1.29, 1.82) is 0 Å². The van der Waals surface area contributed by atoms with Gasteiger partial charge in [-0.15, -0.1) is 0 Å². The summed E-state index contributed by atoms with van der Waals surface area (Å²) in [5, 5.41) is 17.7. The van der Waals surface area contributed by atoms with Gasteiger partial charge in [0, 0.05) is 54.1 Å². The first-order valence-corrected chi connectivity index (χ1v) is 29.9. The molecule has 0 aromatic carbocycles. The number of carbonyl (C=O) groups is 2. The Hall–Kier alpha value is -7.40. The summed E-state index contributed by atoms with van der Waals surface area (Å²) in [6, 6.07) is 0. The number of unbranched alkanes of at least 4 members (excludes halogenated alkanes) is 4. The van der Waals surface area contributed by atoms with Gasteiger partial charge in [0.25, 0.3) is 11.1 Å². The second kappa shape index (κ2) is 44.2. The molecular weight excluding hydrogens is 1050 g/mol. The summed E-state index contributed by atoms with van der Waals surface area (Å²) >= 11 is 0. The number of nitrogens with zero attached hydrogens (tertiary/aromatic N) is 8. The van der Waals surface area contributed by atoms with E-state index in [4.69, 9.17) is 9.84 Å². The highest BCUT2D eigenvalue weighted by Crippen LogP contribution is 2.11. The van der Waals surface area contributed by atoms with Crippen LogP contribution < -0.4 is 22.5 Å². The minimum Gasteiger partial charge on any atom is -0.481 e.